The minimum Gasteiger partial charge on any atom is -0.366 e. The van der Waals surface area contributed by atoms with Gasteiger partial charge in [-0.05, 0) is 30.6 Å². The van der Waals surface area contributed by atoms with E-state index in [9.17, 15) is 4.79 Å². The molecule has 2 aliphatic rings. The summed E-state index contributed by atoms with van der Waals surface area (Å²) in [5.74, 6) is 0.959. The minimum atomic E-state index is 0.131. The highest BCUT2D eigenvalue weighted by Crippen LogP contribution is 2.34. The Morgan fingerprint density at radius 3 is 3.00 bits per heavy atom. The molecule has 1 aromatic rings. The second kappa shape index (κ2) is 4.39. The van der Waals surface area contributed by atoms with Gasteiger partial charge in [0.05, 0.1) is 0 Å². The number of aromatic nitrogens is 1. The summed E-state index contributed by atoms with van der Waals surface area (Å²) in [5.41, 5.74) is 1.30. The maximum atomic E-state index is 11.9. The van der Waals surface area contributed by atoms with Crippen LogP contribution in [0.5, 0.6) is 0 Å². The average molecular weight is 263 g/mol. The van der Waals surface area contributed by atoms with Gasteiger partial charge < -0.3 is 14.8 Å². The normalized spacial score (nSPS) is 25.5. The molecule has 0 saturated carbocycles. The summed E-state index contributed by atoms with van der Waals surface area (Å²) < 4.78 is 1.94. The van der Waals surface area contributed by atoms with Gasteiger partial charge >= 0.3 is 0 Å². The standard InChI is InChI=1S/C13H17N3OS/c1-14-13(18)15-6-9-5-10(8-15)11-3-2-4-12(17)16(11)7-9/h2-4,9-10H,5-8H2,1H3,(H,14,18)/t9-,10+/m0/s1. The van der Waals surface area contributed by atoms with Gasteiger partial charge in [-0.25, -0.2) is 0 Å². The van der Waals surface area contributed by atoms with Crippen molar-refractivity contribution in [1.82, 2.24) is 14.8 Å². The highest BCUT2D eigenvalue weighted by Gasteiger charge is 2.34. The molecule has 0 spiro atoms. The molecule has 3 heterocycles. The predicted octanol–water partition coefficient (Wildman–Crippen LogP) is 0.772. The predicted molar refractivity (Wildman–Crippen MR) is 74.8 cm³/mol. The highest BCUT2D eigenvalue weighted by molar-refractivity contribution is 7.80. The number of pyridine rings is 1. The molecule has 2 bridgehead atoms. The van der Waals surface area contributed by atoms with E-state index in [-0.39, 0.29) is 5.56 Å². The van der Waals surface area contributed by atoms with E-state index in [0.717, 1.165) is 24.7 Å². The molecule has 0 amide bonds. The van der Waals surface area contributed by atoms with Crippen LogP contribution in [-0.2, 0) is 6.54 Å². The van der Waals surface area contributed by atoms with Gasteiger partial charge in [0.2, 0.25) is 0 Å². The third-order valence-corrected chi connectivity index (χ3v) is 4.44. The monoisotopic (exact) mass is 263 g/mol. The summed E-state index contributed by atoms with van der Waals surface area (Å²) in [7, 11) is 1.87. The van der Waals surface area contributed by atoms with E-state index in [1.54, 1.807) is 6.07 Å². The van der Waals surface area contributed by atoms with Crippen LogP contribution in [0, 0.1) is 5.92 Å². The Morgan fingerprint density at radius 1 is 1.39 bits per heavy atom. The topological polar surface area (TPSA) is 37.3 Å². The van der Waals surface area contributed by atoms with Crippen molar-refractivity contribution in [3.8, 4) is 0 Å². The van der Waals surface area contributed by atoms with Crippen LogP contribution in [0.1, 0.15) is 18.0 Å². The molecule has 3 rings (SSSR count). The lowest BCUT2D eigenvalue weighted by Gasteiger charge is -2.43. The molecule has 0 unspecified atom stereocenters. The molecule has 2 atom stereocenters. The molecule has 0 radical (unpaired) electrons. The van der Waals surface area contributed by atoms with E-state index in [1.807, 2.05) is 17.7 Å². The zero-order chi connectivity index (χ0) is 12.7. The van der Waals surface area contributed by atoms with Crippen LogP contribution in [0.2, 0.25) is 0 Å². The van der Waals surface area contributed by atoms with Crippen LogP contribution in [0.4, 0.5) is 0 Å². The van der Waals surface area contributed by atoms with Gasteiger partial charge in [0, 0.05) is 44.4 Å². The van der Waals surface area contributed by atoms with Crippen molar-refractivity contribution in [2.75, 3.05) is 20.1 Å². The molecule has 2 aliphatic heterocycles. The molecule has 4 nitrogen and oxygen atoms in total. The molecular weight excluding hydrogens is 246 g/mol. The van der Waals surface area contributed by atoms with E-state index in [0.29, 0.717) is 11.8 Å². The van der Waals surface area contributed by atoms with E-state index in [1.165, 1.54) is 12.1 Å². The van der Waals surface area contributed by atoms with E-state index < -0.39 is 0 Å². The summed E-state index contributed by atoms with van der Waals surface area (Å²) in [5, 5.41) is 3.86. The smallest absolute Gasteiger partial charge is 0.250 e. The number of likely N-dealkylation sites (tertiary alicyclic amines) is 1. The van der Waals surface area contributed by atoms with Gasteiger partial charge in [0.15, 0.2) is 5.11 Å². The van der Waals surface area contributed by atoms with Gasteiger partial charge in [-0.2, -0.15) is 0 Å². The fourth-order valence-electron chi connectivity index (χ4n) is 3.22. The molecule has 1 fully saturated rings. The van der Waals surface area contributed by atoms with Crippen molar-refractivity contribution in [1.29, 1.82) is 0 Å². The van der Waals surface area contributed by atoms with Crippen LogP contribution >= 0.6 is 12.2 Å². The van der Waals surface area contributed by atoms with Gasteiger partial charge in [-0.3, -0.25) is 4.79 Å². The molecule has 96 valence electrons. The van der Waals surface area contributed by atoms with Crippen molar-refractivity contribution in [3.05, 3.63) is 34.2 Å². The van der Waals surface area contributed by atoms with Crippen LogP contribution in [0.3, 0.4) is 0 Å². The molecule has 1 saturated heterocycles. The van der Waals surface area contributed by atoms with E-state index in [4.69, 9.17) is 12.2 Å². The second-order valence-electron chi connectivity index (χ2n) is 5.16. The first-order valence-corrected chi connectivity index (χ1v) is 6.76. The molecular formula is C13H17N3OS. The Kier molecular flexibility index (Phi) is 2.86. The van der Waals surface area contributed by atoms with Crippen LogP contribution in [0.25, 0.3) is 0 Å². The Balaban J connectivity index is 1.95. The number of hydrogen-bond donors (Lipinski definition) is 1. The molecule has 1 N–H and O–H groups in total. The summed E-state index contributed by atoms with van der Waals surface area (Å²) in [4.78, 5) is 14.1. The van der Waals surface area contributed by atoms with Crippen molar-refractivity contribution < 1.29 is 0 Å². The van der Waals surface area contributed by atoms with Crippen molar-refractivity contribution in [2.45, 2.75) is 18.9 Å². The number of hydrogen-bond acceptors (Lipinski definition) is 2. The van der Waals surface area contributed by atoms with Crippen LogP contribution in [0.15, 0.2) is 23.0 Å². The number of nitrogens with zero attached hydrogens (tertiary/aromatic N) is 2. The maximum absolute atomic E-state index is 11.9. The van der Waals surface area contributed by atoms with E-state index in [2.05, 4.69) is 16.3 Å². The molecule has 0 aliphatic carbocycles. The van der Waals surface area contributed by atoms with Gasteiger partial charge in [-0.1, -0.05) is 6.07 Å². The molecule has 5 heteroatoms. The van der Waals surface area contributed by atoms with Crippen LogP contribution < -0.4 is 10.9 Å². The fraction of sp³-hybridized carbons (Fsp3) is 0.538. The lowest BCUT2D eigenvalue weighted by atomic mass is 9.83. The number of piperidine rings is 1. The third-order valence-electron chi connectivity index (χ3n) is 3.98. The first-order valence-electron chi connectivity index (χ1n) is 6.35. The minimum absolute atomic E-state index is 0.131. The average Bonchev–Trinajstić information content (AvgIpc) is 2.39. The SMILES string of the molecule is CNC(=S)N1C[C@@H]2C[C@H](C1)c1cccc(=O)n1C2. The number of thiocarbonyl (C=S) groups is 1. The van der Waals surface area contributed by atoms with Crippen molar-refractivity contribution >= 4 is 17.3 Å². The second-order valence-corrected chi connectivity index (χ2v) is 5.54. The summed E-state index contributed by atoms with van der Waals surface area (Å²) >= 11 is 5.32. The zero-order valence-corrected chi connectivity index (χ0v) is 11.2. The number of nitrogens with one attached hydrogen (secondary N) is 1. The maximum Gasteiger partial charge on any atom is 0.250 e. The molecule has 1 aromatic heterocycles. The largest absolute Gasteiger partial charge is 0.366 e. The van der Waals surface area contributed by atoms with Gasteiger partial charge in [0.1, 0.15) is 0 Å². The Hall–Kier alpha value is -1.36. The fourth-order valence-corrected chi connectivity index (χ4v) is 3.37. The third kappa shape index (κ3) is 1.82. The lowest BCUT2D eigenvalue weighted by molar-refractivity contribution is 0.178. The summed E-state index contributed by atoms with van der Waals surface area (Å²) in [6.07, 6.45) is 1.17. The molecule has 0 aromatic carbocycles. The first-order chi connectivity index (χ1) is 8.69. The van der Waals surface area contributed by atoms with Crippen molar-refractivity contribution in [2.24, 2.45) is 5.92 Å². The summed E-state index contributed by atoms with van der Waals surface area (Å²) in [6.45, 7) is 2.70. The Bertz CT molecular complexity index is 539. The quantitative estimate of drug-likeness (QED) is 0.702. The summed E-state index contributed by atoms with van der Waals surface area (Å²) in [6, 6.07) is 5.60. The highest BCUT2D eigenvalue weighted by atomic mass is 32.1. The van der Waals surface area contributed by atoms with Gasteiger partial charge in [-0.15, -0.1) is 0 Å². The Morgan fingerprint density at radius 2 is 2.22 bits per heavy atom. The Labute approximate surface area is 112 Å². The van der Waals surface area contributed by atoms with E-state index >= 15 is 0 Å². The first kappa shape index (κ1) is 11.7. The van der Waals surface area contributed by atoms with Crippen molar-refractivity contribution in [3.63, 3.8) is 0 Å². The van der Waals surface area contributed by atoms with Crippen LogP contribution in [-0.4, -0.2) is 34.7 Å². The number of rotatable bonds is 0. The zero-order valence-electron chi connectivity index (χ0n) is 10.4. The lowest BCUT2D eigenvalue weighted by Crippen LogP contribution is -2.51. The molecule has 18 heavy (non-hydrogen) atoms. The number of fused-ring (bicyclic) bond motifs is 4. The van der Waals surface area contributed by atoms with Gasteiger partial charge in [0.25, 0.3) is 5.56 Å².